The molecule has 0 radical (unpaired) electrons. The van der Waals surface area contributed by atoms with Crippen molar-refractivity contribution in [2.45, 2.75) is 13.3 Å². The van der Waals surface area contributed by atoms with E-state index < -0.39 is 0 Å². The first kappa shape index (κ1) is 19.0. The van der Waals surface area contributed by atoms with E-state index >= 15 is 0 Å². The number of nitrogens with zero attached hydrogens (tertiary/aromatic N) is 4. The summed E-state index contributed by atoms with van der Waals surface area (Å²) in [5, 5.41) is 5.27. The van der Waals surface area contributed by atoms with E-state index in [1.807, 2.05) is 4.90 Å². The lowest BCUT2D eigenvalue weighted by molar-refractivity contribution is -0.144. The van der Waals surface area contributed by atoms with Crippen LogP contribution in [0.2, 0.25) is 0 Å². The van der Waals surface area contributed by atoms with Crippen LogP contribution in [0.3, 0.4) is 0 Å². The summed E-state index contributed by atoms with van der Waals surface area (Å²) >= 11 is 0. The van der Waals surface area contributed by atoms with Gasteiger partial charge in [0.05, 0.1) is 18.5 Å². The molecule has 3 rings (SSSR count). The molecule has 144 valence electrons. The van der Waals surface area contributed by atoms with Crippen molar-refractivity contribution in [1.82, 2.24) is 19.6 Å². The molecule has 1 amide bonds. The molecule has 1 aromatic carbocycles. The van der Waals surface area contributed by atoms with Gasteiger partial charge in [0, 0.05) is 38.6 Å². The first-order valence-corrected chi connectivity index (χ1v) is 9.14. The SMILES string of the molecule is CCOC(=O)CN1CCCN(C(=O)c2nn(C)c(=O)c3ccccc23)CC1. The number of carbonyl (C=O) groups is 2. The molecule has 0 N–H and O–H groups in total. The topological polar surface area (TPSA) is 84.7 Å². The van der Waals surface area contributed by atoms with E-state index in [2.05, 4.69) is 5.10 Å². The molecule has 0 bridgehead atoms. The number of hydrogen-bond acceptors (Lipinski definition) is 6. The van der Waals surface area contributed by atoms with Gasteiger partial charge < -0.3 is 9.64 Å². The Hall–Kier alpha value is -2.74. The molecular formula is C19H24N4O4. The molecule has 0 atom stereocenters. The number of aryl methyl sites for hydroxylation is 1. The molecule has 1 fully saturated rings. The Morgan fingerprint density at radius 2 is 1.85 bits per heavy atom. The molecule has 0 saturated carbocycles. The molecule has 0 spiro atoms. The van der Waals surface area contributed by atoms with Gasteiger partial charge in [-0.25, -0.2) is 4.68 Å². The number of aromatic nitrogens is 2. The largest absolute Gasteiger partial charge is 0.465 e. The molecular weight excluding hydrogens is 348 g/mol. The van der Waals surface area contributed by atoms with Crippen LogP contribution in [0.25, 0.3) is 10.8 Å². The van der Waals surface area contributed by atoms with Crippen LogP contribution < -0.4 is 5.56 Å². The van der Waals surface area contributed by atoms with Crippen LogP contribution in [0.15, 0.2) is 29.1 Å². The van der Waals surface area contributed by atoms with Gasteiger partial charge in [-0.15, -0.1) is 0 Å². The zero-order chi connectivity index (χ0) is 19.4. The normalized spacial score (nSPS) is 15.6. The highest BCUT2D eigenvalue weighted by molar-refractivity contribution is 6.04. The summed E-state index contributed by atoms with van der Waals surface area (Å²) in [4.78, 5) is 40.8. The van der Waals surface area contributed by atoms with Crippen molar-refractivity contribution in [2.24, 2.45) is 7.05 Å². The zero-order valence-corrected chi connectivity index (χ0v) is 15.7. The highest BCUT2D eigenvalue weighted by atomic mass is 16.5. The average molecular weight is 372 g/mol. The number of hydrogen-bond donors (Lipinski definition) is 0. The summed E-state index contributed by atoms with van der Waals surface area (Å²) in [6, 6.07) is 7.03. The van der Waals surface area contributed by atoms with Gasteiger partial charge in [0.2, 0.25) is 0 Å². The third kappa shape index (κ3) is 4.16. The van der Waals surface area contributed by atoms with Gasteiger partial charge in [0.15, 0.2) is 5.69 Å². The van der Waals surface area contributed by atoms with E-state index in [9.17, 15) is 14.4 Å². The van der Waals surface area contributed by atoms with Crippen molar-refractivity contribution < 1.29 is 14.3 Å². The van der Waals surface area contributed by atoms with Crippen LogP contribution >= 0.6 is 0 Å². The summed E-state index contributed by atoms with van der Waals surface area (Å²) < 4.78 is 6.21. The maximum absolute atomic E-state index is 13.1. The predicted molar refractivity (Wildman–Crippen MR) is 101 cm³/mol. The van der Waals surface area contributed by atoms with Crippen molar-refractivity contribution >= 4 is 22.6 Å². The number of fused-ring (bicyclic) bond motifs is 1. The lowest BCUT2D eigenvalue weighted by Gasteiger charge is -2.22. The van der Waals surface area contributed by atoms with E-state index in [-0.39, 0.29) is 29.7 Å². The number of rotatable bonds is 4. The summed E-state index contributed by atoms with van der Waals surface area (Å²) in [5.41, 5.74) is 0.0603. The van der Waals surface area contributed by atoms with Crippen LogP contribution in [0, 0.1) is 0 Å². The van der Waals surface area contributed by atoms with Crippen LogP contribution in [0.1, 0.15) is 23.8 Å². The van der Waals surface area contributed by atoms with Crippen molar-refractivity contribution in [3.8, 4) is 0 Å². The minimum Gasteiger partial charge on any atom is -0.465 e. The zero-order valence-electron chi connectivity index (χ0n) is 15.7. The van der Waals surface area contributed by atoms with Crippen molar-refractivity contribution in [1.29, 1.82) is 0 Å². The quantitative estimate of drug-likeness (QED) is 0.733. The van der Waals surface area contributed by atoms with Crippen LogP contribution in [-0.4, -0.2) is 70.8 Å². The lowest BCUT2D eigenvalue weighted by atomic mass is 10.1. The highest BCUT2D eigenvalue weighted by Crippen LogP contribution is 2.16. The number of amides is 1. The molecule has 0 aliphatic carbocycles. The third-order valence-electron chi connectivity index (χ3n) is 4.69. The Morgan fingerprint density at radius 1 is 1.11 bits per heavy atom. The second kappa shape index (κ2) is 8.30. The first-order valence-electron chi connectivity index (χ1n) is 9.14. The van der Waals surface area contributed by atoms with Gasteiger partial charge in [-0.3, -0.25) is 19.3 Å². The molecule has 0 unspecified atom stereocenters. The summed E-state index contributed by atoms with van der Waals surface area (Å²) in [7, 11) is 1.55. The van der Waals surface area contributed by atoms with Crippen molar-refractivity contribution in [3.63, 3.8) is 0 Å². The van der Waals surface area contributed by atoms with Crippen LogP contribution in [0.4, 0.5) is 0 Å². The van der Waals surface area contributed by atoms with Gasteiger partial charge in [-0.05, 0) is 19.4 Å². The number of esters is 1. The number of ether oxygens (including phenoxy) is 1. The van der Waals surface area contributed by atoms with Gasteiger partial charge in [-0.2, -0.15) is 5.10 Å². The Kier molecular flexibility index (Phi) is 5.85. The van der Waals surface area contributed by atoms with Gasteiger partial charge in [0.25, 0.3) is 11.5 Å². The fourth-order valence-electron chi connectivity index (χ4n) is 3.33. The average Bonchev–Trinajstić information content (AvgIpc) is 2.90. The predicted octanol–water partition coefficient (Wildman–Crippen LogP) is 0.645. The minimum absolute atomic E-state index is 0.195. The maximum Gasteiger partial charge on any atom is 0.320 e. The molecule has 2 aromatic rings. The summed E-state index contributed by atoms with van der Waals surface area (Å²) in [5.74, 6) is -0.442. The highest BCUT2D eigenvalue weighted by Gasteiger charge is 2.25. The van der Waals surface area contributed by atoms with Crippen LogP contribution in [-0.2, 0) is 16.6 Å². The van der Waals surface area contributed by atoms with Gasteiger partial charge >= 0.3 is 5.97 Å². The van der Waals surface area contributed by atoms with Crippen LogP contribution in [0.5, 0.6) is 0 Å². The summed E-state index contributed by atoms with van der Waals surface area (Å²) in [6.07, 6.45) is 0.759. The molecule has 8 heteroatoms. The molecule has 8 nitrogen and oxygen atoms in total. The lowest BCUT2D eigenvalue weighted by Crippen LogP contribution is -2.38. The molecule has 1 aliphatic rings. The maximum atomic E-state index is 13.1. The van der Waals surface area contributed by atoms with E-state index in [0.717, 1.165) is 13.0 Å². The molecule has 1 aromatic heterocycles. The van der Waals surface area contributed by atoms with Crippen molar-refractivity contribution in [2.75, 3.05) is 39.3 Å². The number of benzene rings is 1. The first-order chi connectivity index (χ1) is 13.0. The summed E-state index contributed by atoms with van der Waals surface area (Å²) in [6.45, 7) is 4.78. The smallest absolute Gasteiger partial charge is 0.320 e. The minimum atomic E-state index is -0.247. The second-order valence-corrected chi connectivity index (χ2v) is 6.55. The third-order valence-corrected chi connectivity index (χ3v) is 4.69. The van der Waals surface area contributed by atoms with Crippen molar-refractivity contribution in [3.05, 3.63) is 40.3 Å². The Bertz CT molecular complexity index is 908. The van der Waals surface area contributed by atoms with Gasteiger partial charge in [0.1, 0.15) is 0 Å². The Morgan fingerprint density at radius 3 is 2.59 bits per heavy atom. The fourth-order valence-corrected chi connectivity index (χ4v) is 3.33. The van der Waals surface area contributed by atoms with E-state index in [0.29, 0.717) is 37.0 Å². The monoisotopic (exact) mass is 372 g/mol. The second-order valence-electron chi connectivity index (χ2n) is 6.55. The van der Waals surface area contributed by atoms with E-state index in [4.69, 9.17) is 4.74 Å². The Balaban J connectivity index is 1.79. The molecule has 2 heterocycles. The molecule has 1 aliphatic heterocycles. The molecule has 27 heavy (non-hydrogen) atoms. The number of carbonyl (C=O) groups excluding carboxylic acids is 2. The standard InChI is InChI=1S/C19H24N4O4/c1-3-27-16(24)13-22-9-6-10-23(12-11-22)19(26)17-14-7-4-5-8-15(14)18(25)21(2)20-17/h4-5,7-8H,3,6,9-13H2,1-2H3. The fraction of sp³-hybridized carbons (Fsp3) is 0.474. The van der Waals surface area contributed by atoms with Gasteiger partial charge in [-0.1, -0.05) is 18.2 Å². The molecule has 1 saturated heterocycles. The van der Waals surface area contributed by atoms with E-state index in [1.165, 1.54) is 4.68 Å². The van der Waals surface area contributed by atoms with E-state index in [1.54, 1.807) is 43.1 Å². The Labute approximate surface area is 157 Å².